The Morgan fingerprint density at radius 1 is 1.35 bits per heavy atom. The summed E-state index contributed by atoms with van der Waals surface area (Å²) < 4.78 is 5.16. The molecule has 0 atom stereocenters. The quantitative estimate of drug-likeness (QED) is 0.881. The molecule has 2 heterocycles. The van der Waals surface area contributed by atoms with E-state index in [-0.39, 0.29) is 18.4 Å². The third-order valence-corrected chi connectivity index (χ3v) is 3.87. The molecular weight excluding hydrogens is 294 g/mol. The second-order valence-electron chi connectivity index (χ2n) is 5.51. The number of nitrogens with two attached hydrogens (primary N) is 1. The molecule has 0 unspecified atom stereocenters. The lowest BCUT2D eigenvalue weighted by atomic mass is 10.2. The molecule has 0 saturated carbocycles. The van der Waals surface area contributed by atoms with Gasteiger partial charge in [0, 0.05) is 25.2 Å². The van der Waals surface area contributed by atoms with Crippen molar-refractivity contribution < 1.29 is 14.0 Å². The number of benzene rings is 1. The number of amides is 2. The van der Waals surface area contributed by atoms with E-state index in [2.05, 4.69) is 5.32 Å². The number of nitrogens with zero attached hydrogens (tertiary/aromatic N) is 1. The van der Waals surface area contributed by atoms with Gasteiger partial charge in [-0.2, -0.15) is 0 Å². The van der Waals surface area contributed by atoms with E-state index >= 15 is 0 Å². The summed E-state index contributed by atoms with van der Waals surface area (Å²) in [5.74, 6) is 0.514. The van der Waals surface area contributed by atoms with Crippen LogP contribution >= 0.6 is 0 Å². The fraction of sp³-hybridized carbons (Fsp3) is 0.294. The van der Waals surface area contributed by atoms with Gasteiger partial charge in [-0.15, -0.1) is 0 Å². The van der Waals surface area contributed by atoms with Gasteiger partial charge in [0.05, 0.1) is 12.1 Å². The Morgan fingerprint density at radius 2 is 2.22 bits per heavy atom. The molecule has 1 aromatic heterocycles. The minimum absolute atomic E-state index is 0.152. The second-order valence-corrected chi connectivity index (χ2v) is 5.51. The zero-order valence-corrected chi connectivity index (χ0v) is 12.7. The molecule has 2 amide bonds. The molecule has 1 aromatic carbocycles. The average molecular weight is 313 g/mol. The zero-order valence-electron chi connectivity index (χ0n) is 12.7. The van der Waals surface area contributed by atoms with Crippen LogP contribution in [0.5, 0.6) is 0 Å². The van der Waals surface area contributed by atoms with Crippen LogP contribution in [0.15, 0.2) is 41.0 Å². The normalized spacial score (nSPS) is 14.3. The van der Waals surface area contributed by atoms with E-state index in [0.29, 0.717) is 24.3 Å². The van der Waals surface area contributed by atoms with Crippen molar-refractivity contribution in [3.05, 3.63) is 53.5 Å². The Morgan fingerprint density at radius 3 is 2.91 bits per heavy atom. The van der Waals surface area contributed by atoms with Crippen molar-refractivity contribution in [2.75, 3.05) is 11.4 Å². The highest BCUT2D eigenvalue weighted by atomic mass is 16.3. The Kier molecular flexibility index (Phi) is 4.43. The lowest BCUT2D eigenvalue weighted by molar-refractivity contribution is -0.117. The van der Waals surface area contributed by atoms with Gasteiger partial charge in [0.1, 0.15) is 12.0 Å². The standard InChI is InChI=1S/C17H19N3O3/c18-9-15-8-13(11-23-15)17(22)19-10-12-3-1-4-14(7-12)20-6-2-5-16(20)21/h1,3-4,7-8,11H,2,5-6,9-10,18H2,(H,19,22). The highest BCUT2D eigenvalue weighted by Crippen LogP contribution is 2.22. The van der Waals surface area contributed by atoms with Gasteiger partial charge in [-0.05, 0) is 30.2 Å². The summed E-state index contributed by atoms with van der Waals surface area (Å²) in [5.41, 5.74) is 7.74. The first-order chi connectivity index (χ1) is 11.2. The van der Waals surface area contributed by atoms with Gasteiger partial charge in [-0.1, -0.05) is 12.1 Å². The molecule has 3 N–H and O–H groups in total. The predicted octanol–water partition coefficient (Wildman–Crippen LogP) is 1.80. The van der Waals surface area contributed by atoms with Crippen molar-refractivity contribution in [1.29, 1.82) is 0 Å². The number of anilines is 1. The van der Waals surface area contributed by atoms with Crippen molar-refractivity contribution in [1.82, 2.24) is 5.32 Å². The zero-order chi connectivity index (χ0) is 16.2. The van der Waals surface area contributed by atoms with Crippen LogP contribution < -0.4 is 16.0 Å². The monoisotopic (exact) mass is 313 g/mol. The van der Waals surface area contributed by atoms with Gasteiger partial charge in [0.25, 0.3) is 5.91 Å². The molecule has 6 heteroatoms. The maximum atomic E-state index is 12.1. The second kappa shape index (κ2) is 6.66. The van der Waals surface area contributed by atoms with Crippen LogP contribution in [0.4, 0.5) is 5.69 Å². The van der Waals surface area contributed by atoms with Gasteiger partial charge in [-0.25, -0.2) is 0 Å². The SMILES string of the molecule is NCc1cc(C(=O)NCc2cccc(N3CCCC3=O)c2)co1. The van der Waals surface area contributed by atoms with E-state index in [0.717, 1.165) is 24.2 Å². The molecule has 0 bridgehead atoms. The van der Waals surface area contributed by atoms with Crippen LogP contribution in [0.25, 0.3) is 0 Å². The number of furan rings is 1. The lowest BCUT2D eigenvalue weighted by Gasteiger charge is -2.16. The van der Waals surface area contributed by atoms with Crippen LogP contribution in [0.1, 0.15) is 34.5 Å². The molecule has 0 spiro atoms. The highest BCUT2D eigenvalue weighted by molar-refractivity contribution is 5.95. The summed E-state index contributed by atoms with van der Waals surface area (Å²) >= 11 is 0. The highest BCUT2D eigenvalue weighted by Gasteiger charge is 2.21. The first-order valence-electron chi connectivity index (χ1n) is 7.62. The molecule has 23 heavy (non-hydrogen) atoms. The molecule has 1 aliphatic heterocycles. The van der Waals surface area contributed by atoms with E-state index in [1.165, 1.54) is 6.26 Å². The van der Waals surface area contributed by atoms with E-state index in [9.17, 15) is 9.59 Å². The van der Waals surface area contributed by atoms with Crippen LogP contribution in [-0.2, 0) is 17.9 Å². The Bertz CT molecular complexity index is 723. The smallest absolute Gasteiger partial charge is 0.254 e. The first kappa shape index (κ1) is 15.3. The minimum atomic E-state index is -0.212. The van der Waals surface area contributed by atoms with E-state index in [1.807, 2.05) is 24.3 Å². The third kappa shape index (κ3) is 3.43. The number of carbonyl (C=O) groups is 2. The summed E-state index contributed by atoms with van der Waals surface area (Å²) in [6.45, 7) is 1.41. The van der Waals surface area contributed by atoms with Crippen LogP contribution in [0.3, 0.4) is 0 Å². The van der Waals surface area contributed by atoms with Crippen molar-refractivity contribution >= 4 is 17.5 Å². The molecule has 120 valence electrons. The number of rotatable bonds is 5. The summed E-state index contributed by atoms with van der Waals surface area (Å²) in [5, 5.41) is 2.84. The summed E-state index contributed by atoms with van der Waals surface area (Å²) in [7, 11) is 0. The van der Waals surface area contributed by atoms with Crippen molar-refractivity contribution in [3.8, 4) is 0 Å². The number of nitrogens with one attached hydrogen (secondary N) is 1. The minimum Gasteiger partial charge on any atom is -0.467 e. The van der Waals surface area contributed by atoms with Crippen LogP contribution in [0, 0.1) is 0 Å². The lowest BCUT2D eigenvalue weighted by Crippen LogP contribution is -2.25. The molecule has 1 aliphatic rings. The molecule has 1 fully saturated rings. The summed E-state index contributed by atoms with van der Waals surface area (Å²) in [4.78, 5) is 25.7. The van der Waals surface area contributed by atoms with Crippen molar-refractivity contribution in [2.45, 2.75) is 25.9 Å². The fourth-order valence-electron chi connectivity index (χ4n) is 2.65. The van der Waals surface area contributed by atoms with Gasteiger partial charge in [0.15, 0.2) is 0 Å². The van der Waals surface area contributed by atoms with E-state index < -0.39 is 0 Å². The molecule has 6 nitrogen and oxygen atoms in total. The molecule has 1 saturated heterocycles. The first-order valence-corrected chi connectivity index (χ1v) is 7.62. The topological polar surface area (TPSA) is 88.6 Å². The van der Waals surface area contributed by atoms with Crippen LogP contribution in [0.2, 0.25) is 0 Å². The van der Waals surface area contributed by atoms with Gasteiger partial charge >= 0.3 is 0 Å². The largest absolute Gasteiger partial charge is 0.467 e. The number of hydrogen-bond donors (Lipinski definition) is 2. The van der Waals surface area contributed by atoms with Gasteiger partial charge in [0.2, 0.25) is 5.91 Å². The summed E-state index contributed by atoms with van der Waals surface area (Å²) in [6, 6.07) is 9.30. The maximum absolute atomic E-state index is 12.1. The van der Waals surface area contributed by atoms with Gasteiger partial charge < -0.3 is 20.4 Å². The van der Waals surface area contributed by atoms with E-state index in [1.54, 1.807) is 11.0 Å². The molecule has 3 rings (SSSR count). The average Bonchev–Trinajstić information content (AvgIpc) is 3.21. The molecule has 0 radical (unpaired) electrons. The van der Waals surface area contributed by atoms with E-state index in [4.69, 9.17) is 10.2 Å². The Balaban J connectivity index is 1.64. The fourth-order valence-corrected chi connectivity index (χ4v) is 2.65. The molecular formula is C17H19N3O3. The van der Waals surface area contributed by atoms with Crippen LogP contribution in [-0.4, -0.2) is 18.4 Å². The number of carbonyl (C=O) groups excluding carboxylic acids is 2. The number of hydrogen-bond acceptors (Lipinski definition) is 4. The summed E-state index contributed by atoms with van der Waals surface area (Å²) in [6.07, 6.45) is 2.89. The predicted molar refractivity (Wildman–Crippen MR) is 85.8 cm³/mol. The van der Waals surface area contributed by atoms with Crippen molar-refractivity contribution in [2.24, 2.45) is 5.73 Å². The maximum Gasteiger partial charge on any atom is 0.254 e. The Hall–Kier alpha value is -2.60. The molecule has 0 aliphatic carbocycles. The van der Waals surface area contributed by atoms with Gasteiger partial charge in [-0.3, -0.25) is 9.59 Å². The Labute approximate surface area is 134 Å². The third-order valence-electron chi connectivity index (χ3n) is 3.87. The molecule has 2 aromatic rings. The van der Waals surface area contributed by atoms with Crippen molar-refractivity contribution in [3.63, 3.8) is 0 Å².